The molecule has 0 fully saturated rings. The number of sulfonamides is 1. The lowest BCUT2D eigenvalue weighted by atomic mass is 10.0. The Balaban J connectivity index is 1.81. The van der Waals surface area contributed by atoms with Gasteiger partial charge in [-0.2, -0.15) is 0 Å². The predicted molar refractivity (Wildman–Crippen MR) is 169 cm³/mol. The summed E-state index contributed by atoms with van der Waals surface area (Å²) in [7, 11) is -4.32. The summed E-state index contributed by atoms with van der Waals surface area (Å²) >= 11 is 6.47. The van der Waals surface area contributed by atoms with E-state index in [1.54, 1.807) is 49.4 Å². The van der Waals surface area contributed by atoms with E-state index in [2.05, 4.69) is 5.32 Å². The fourth-order valence-corrected chi connectivity index (χ4v) is 6.28. The van der Waals surface area contributed by atoms with Crippen LogP contribution in [0.15, 0.2) is 114 Å². The smallest absolute Gasteiger partial charge is 0.269 e. The second-order valence-electron chi connectivity index (χ2n) is 9.81. The molecule has 0 aromatic heterocycles. The van der Waals surface area contributed by atoms with Gasteiger partial charge in [0.2, 0.25) is 11.8 Å². The lowest BCUT2D eigenvalue weighted by molar-refractivity contribution is -0.384. The van der Waals surface area contributed by atoms with Gasteiger partial charge in [-0.05, 0) is 48.4 Å². The molecule has 2 amide bonds. The number of hydrogen-bond donors (Lipinski definition) is 1. The van der Waals surface area contributed by atoms with E-state index >= 15 is 0 Å². The van der Waals surface area contributed by atoms with Crippen LogP contribution in [0.3, 0.4) is 0 Å². The first-order chi connectivity index (χ1) is 21.1. The van der Waals surface area contributed by atoms with Gasteiger partial charge in [0, 0.05) is 36.7 Å². The van der Waals surface area contributed by atoms with Gasteiger partial charge in [-0.25, -0.2) is 8.42 Å². The molecule has 0 aliphatic rings. The van der Waals surface area contributed by atoms with E-state index in [0.717, 1.165) is 9.87 Å². The maximum absolute atomic E-state index is 14.3. The number of anilines is 1. The average molecular weight is 635 g/mol. The fourth-order valence-electron chi connectivity index (χ4n) is 4.65. The zero-order chi connectivity index (χ0) is 31.7. The summed E-state index contributed by atoms with van der Waals surface area (Å²) in [5.41, 5.74) is 1.17. The normalized spacial score (nSPS) is 11.8. The molecule has 4 aromatic rings. The Labute approximate surface area is 261 Å². The topological polar surface area (TPSA) is 130 Å². The summed E-state index contributed by atoms with van der Waals surface area (Å²) < 4.78 is 28.8. The van der Waals surface area contributed by atoms with Crippen molar-refractivity contribution in [3.05, 3.63) is 135 Å². The van der Waals surface area contributed by atoms with E-state index in [4.69, 9.17) is 11.6 Å². The summed E-state index contributed by atoms with van der Waals surface area (Å²) in [5, 5.41) is 14.5. The van der Waals surface area contributed by atoms with Crippen molar-refractivity contribution in [1.29, 1.82) is 0 Å². The molecule has 1 atom stereocenters. The molecule has 0 saturated carbocycles. The molecule has 0 radical (unpaired) electrons. The van der Waals surface area contributed by atoms with Crippen LogP contribution in [0.2, 0.25) is 5.02 Å². The second-order valence-corrected chi connectivity index (χ2v) is 12.1. The van der Waals surface area contributed by atoms with Gasteiger partial charge >= 0.3 is 0 Å². The minimum Gasteiger partial charge on any atom is -0.355 e. The molecule has 0 bridgehead atoms. The van der Waals surface area contributed by atoms with Gasteiger partial charge in [-0.15, -0.1) is 0 Å². The van der Waals surface area contributed by atoms with Crippen molar-refractivity contribution in [1.82, 2.24) is 10.2 Å². The molecule has 1 unspecified atom stereocenters. The number of carbonyl (C=O) groups excluding carboxylic acids is 2. The van der Waals surface area contributed by atoms with Crippen molar-refractivity contribution in [2.75, 3.05) is 17.4 Å². The van der Waals surface area contributed by atoms with E-state index in [-0.39, 0.29) is 29.2 Å². The third-order valence-electron chi connectivity index (χ3n) is 6.88. The first-order valence-electron chi connectivity index (χ1n) is 13.8. The summed E-state index contributed by atoms with van der Waals surface area (Å²) in [6, 6.07) is 27.5. The Bertz CT molecular complexity index is 1700. The van der Waals surface area contributed by atoms with Crippen LogP contribution in [-0.4, -0.2) is 49.2 Å². The standard InChI is InChI=1S/C32H31ClN4O6S/c1-2-34-32(39)30(21-24-11-5-3-6-12-24)35(22-25-13-9-10-16-29(25)33)31(38)23-36(26-17-19-27(20-18-26)37(40)41)44(42,43)28-14-7-4-8-15-28/h3-20,30H,2,21-23H2,1H3,(H,34,39). The number of nitro benzene ring substituents is 1. The monoisotopic (exact) mass is 634 g/mol. The second kappa shape index (κ2) is 14.6. The zero-order valence-electron chi connectivity index (χ0n) is 23.9. The molecule has 1 N–H and O–H groups in total. The fraction of sp³-hybridized carbons (Fsp3) is 0.188. The van der Waals surface area contributed by atoms with E-state index in [9.17, 15) is 28.1 Å². The number of hydrogen-bond acceptors (Lipinski definition) is 6. The number of nitro groups is 1. The molecular weight excluding hydrogens is 604 g/mol. The van der Waals surface area contributed by atoms with E-state index in [1.807, 2.05) is 30.3 Å². The number of non-ortho nitro benzene ring substituents is 1. The first-order valence-corrected chi connectivity index (χ1v) is 15.6. The zero-order valence-corrected chi connectivity index (χ0v) is 25.4. The maximum Gasteiger partial charge on any atom is 0.269 e. The van der Waals surface area contributed by atoms with Gasteiger partial charge in [0.05, 0.1) is 15.5 Å². The van der Waals surface area contributed by atoms with Crippen LogP contribution in [0.4, 0.5) is 11.4 Å². The summed E-state index contributed by atoms with van der Waals surface area (Å²) in [5.74, 6) is -1.08. The van der Waals surface area contributed by atoms with Crippen LogP contribution in [0.25, 0.3) is 0 Å². The van der Waals surface area contributed by atoms with Crippen LogP contribution in [0, 0.1) is 10.1 Å². The van der Waals surface area contributed by atoms with Crippen LogP contribution >= 0.6 is 11.6 Å². The van der Waals surface area contributed by atoms with Crippen LogP contribution < -0.4 is 9.62 Å². The van der Waals surface area contributed by atoms with E-state index in [1.165, 1.54) is 41.3 Å². The summed E-state index contributed by atoms with van der Waals surface area (Å²) in [6.45, 7) is 1.31. The highest BCUT2D eigenvalue weighted by Crippen LogP contribution is 2.27. The van der Waals surface area contributed by atoms with E-state index in [0.29, 0.717) is 17.1 Å². The van der Waals surface area contributed by atoms with Crippen molar-refractivity contribution in [2.45, 2.75) is 30.8 Å². The van der Waals surface area contributed by atoms with Crippen LogP contribution in [0.1, 0.15) is 18.1 Å². The number of likely N-dealkylation sites (N-methyl/N-ethyl adjacent to an activating group) is 1. The van der Waals surface area contributed by atoms with Gasteiger partial charge in [0.1, 0.15) is 12.6 Å². The molecule has 44 heavy (non-hydrogen) atoms. The van der Waals surface area contributed by atoms with Crippen molar-refractivity contribution in [2.24, 2.45) is 0 Å². The molecule has 0 aliphatic carbocycles. The van der Waals surface area contributed by atoms with Gasteiger partial charge in [0.25, 0.3) is 15.7 Å². The average Bonchev–Trinajstić information content (AvgIpc) is 3.03. The van der Waals surface area contributed by atoms with Crippen LogP contribution in [0.5, 0.6) is 0 Å². The Morgan fingerprint density at radius 1 is 0.886 bits per heavy atom. The van der Waals surface area contributed by atoms with E-state index < -0.39 is 39.3 Å². The molecule has 0 aliphatic heterocycles. The highest BCUT2D eigenvalue weighted by Gasteiger charge is 2.34. The molecule has 228 valence electrons. The predicted octanol–water partition coefficient (Wildman–Crippen LogP) is 5.22. The third kappa shape index (κ3) is 7.80. The summed E-state index contributed by atoms with van der Waals surface area (Å²) in [6.07, 6.45) is 0.159. The summed E-state index contributed by atoms with van der Waals surface area (Å²) in [4.78, 5) is 39.8. The molecular formula is C32H31ClN4O6S. The van der Waals surface area contributed by atoms with Gasteiger partial charge in [0.15, 0.2) is 0 Å². The molecule has 12 heteroatoms. The number of benzene rings is 4. The van der Waals surface area contributed by atoms with Crippen molar-refractivity contribution in [3.63, 3.8) is 0 Å². The quantitative estimate of drug-likeness (QED) is 0.159. The van der Waals surface area contributed by atoms with Crippen molar-refractivity contribution < 1.29 is 22.9 Å². The Morgan fingerprint density at radius 2 is 1.48 bits per heavy atom. The molecule has 4 aromatic carbocycles. The number of halogens is 1. The van der Waals surface area contributed by atoms with Gasteiger partial charge in [-0.3, -0.25) is 24.0 Å². The number of nitrogens with zero attached hydrogens (tertiary/aromatic N) is 3. The number of amides is 2. The third-order valence-corrected chi connectivity index (χ3v) is 9.04. The maximum atomic E-state index is 14.3. The highest BCUT2D eigenvalue weighted by atomic mass is 35.5. The Kier molecular flexibility index (Phi) is 10.7. The van der Waals surface area contributed by atoms with Gasteiger partial charge in [-0.1, -0.05) is 78.3 Å². The molecule has 0 saturated heterocycles. The Hall–Kier alpha value is -4.74. The lowest BCUT2D eigenvalue weighted by Crippen LogP contribution is -2.53. The van der Waals surface area contributed by atoms with Crippen LogP contribution in [-0.2, 0) is 32.6 Å². The Morgan fingerprint density at radius 3 is 2.07 bits per heavy atom. The minimum atomic E-state index is -4.32. The minimum absolute atomic E-state index is 0.0446. The molecule has 0 spiro atoms. The molecule has 10 nitrogen and oxygen atoms in total. The highest BCUT2D eigenvalue weighted by molar-refractivity contribution is 7.92. The number of rotatable bonds is 13. The first kappa shape index (κ1) is 32.2. The van der Waals surface area contributed by atoms with Gasteiger partial charge < -0.3 is 10.2 Å². The SMILES string of the molecule is CCNC(=O)C(Cc1ccccc1)N(Cc1ccccc1Cl)C(=O)CN(c1ccc([N+](=O)[O-])cc1)S(=O)(=O)c1ccccc1. The van der Waals surface area contributed by atoms with Crippen molar-refractivity contribution >= 4 is 44.8 Å². The lowest BCUT2D eigenvalue weighted by Gasteiger charge is -2.34. The molecule has 0 heterocycles. The largest absolute Gasteiger partial charge is 0.355 e. The number of carbonyl (C=O) groups is 2. The van der Waals surface area contributed by atoms with Crippen molar-refractivity contribution in [3.8, 4) is 0 Å². The molecule has 4 rings (SSSR count). The number of nitrogens with one attached hydrogen (secondary N) is 1.